The Morgan fingerprint density at radius 3 is 2.25 bits per heavy atom. The van der Waals surface area contributed by atoms with Crippen molar-refractivity contribution in [3.05, 3.63) is 0 Å². The molecule has 0 saturated heterocycles. The molecule has 1 atom stereocenters. The third kappa shape index (κ3) is 16.4. The van der Waals surface area contributed by atoms with Crippen LogP contribution in [0.5, 0.6) is 0 Å². The summed E-state index contributed by atoms with van der Waals surface area (Å²) in [5.41, 5.74) is 5.31. The Morgan fingerprint density at radius 2 is 2.00 bits per heavy atom. The van der Waals surface area contributed by atoms with E-state index in [2.05, 4.69) is 5.32 Å². The molecular weight excluding hydrogens is 172 g/mol. The quantitative estimate of drug-likeness (QED) is 0.719. The molecule has 12 heavy (non-hydrogen) atoms. The van der Waals surface area contributed by atoms with Crippen LogP contribution in [0, 0.1) is 5.92 Å². The van der Waals surface area contributed by atoms with Gasteiger partial charge in [0.1, 0.15) is 0 Å². The molecule has 3 nitrogen and oxygen atoms in total. The van der Waals surface area contributed by atoms with Gasteiger partial charge in [-0.3, -0.25) is 4.79 Å². The molecule has 0 aromatic rings. The minimum absolute atomic E-state index is 0. The maximum atomic E-state index is 10.3. The smallest absolute Gasteiger partial charge is 0.216 e. The van der Waals surface area contributed by atoms with Crippen molar-refractivity contribution >= 4 is 19.4 Å². The summed E-state index contributed by atoms with van der Waals surface area (Å²) in [5.74, 6) is 0.393. The number of carbonyl (C=O) groups excluding carboxylic acids is 1. The Bertz CT molecular complexity index is 107. The van der Waals surface area contributed by atoms with Gasteiger partial charge in [-0.15, -0.1) is 0 Å². The Kier molecular flexibility index (Phi) is 19.8. The molecule has 0 heterocycles. The molecule has 80 valence electrons. The van der Waals surface area contributed by atoms with Crippen molar-refractivity contribution in [2.24, 2.45) is 11.7 Å². The van der Waals surface area contributed by atoms with Crippen LogP contribution in [0.1, 0.15) is 30.5 Å². The molecule has 0 aliphatic carbocycles. The highest BCUT2D eigenvalue weighted by Gasteiger charge is 1.97. The lowest BCUT2D eigenvalue weighted by Crippen LogP contribution is -2.29. The van der Waals surface area contributed by atoms with Gasteiger partial charge in [-0.2, -0.15) is 13.5 Å². The maximum Gasteiger partial charge on any atom is 0.216 e. The lowest BCUT2D eigenvalue weighted by Gasteiger charge is -2.06. The highest BCUT2D eigenvalue weighted by molar-refractivity contribution is 7.59. The van der Waals surface area contributed by atoms with Crippen LogP contribution >= 0.6 is 13.5 Å². The molecule has 1 amide bonds. The molecule has 0 unspecified atom stereocenters. The summed E-state index contributed by atoms with van der Waals surface area (Å²) in [7, 11) is 0. The minimum Gasteiger partial charge on any atom is -0.356 e. The van der Waals surface area contributed by atoms with Crippen LogP contribution in [-0.2, 0) is 4.79 Å². The van der Waals surface area contributed by atoms with E-state index in [4.69, 9.17) is 5.73 Å². The fourth-order valence-corrected chi connectivity index (χ4v) is 0.401. The summed E-state index contributed by atoms with van der Waals surface area (Å²) in [6, 6.07) is 0. The summed E-state index contributed by atoms with van der Waals surface area (Å²) < 4.78 is 0. The van der Waals surface area contributed by atoms with Gasteiger partial charge >= 0.3 is 0 Å². The number of hydrogen-bond acceptors (Lipinski definition) is 2. The normalized spacial score (nSPS) is 10.1. The molecule has 0 bridgehead atoms. The molecule has 0 aliphatic heterocycles. The van der Waals surface area contributed by atoms with Gasteiger partial charge in [0, 0.05) is 16.3 Å². The van der Waals surface area contributed by atoms with E-state index in [9.17, 15) is 4.79 Å². The standard InChI is InChI=1S/C6H14N2O.C2H6.H2S.2H2/c1-5(3-7)4-8-6(2)9;1-2;;;/h5H,3-4,7H2,1-2H3,(H,8,9);1-2H3;1H2;2*1H/t5-;;;;/m1..../s1. The van der Waals surface area contributed by atoms with Gasteiger partial charge in [0.15, 0.2) is 0 Å². The molecule has 0 saturated carbocycles. The monoisotopic (exact) mass is 198 g/mol. The van der Waals surface area contributed by atoms with Crippen LogP contribution < -0.4 is 11.1 Å². The summed E-state index contributed by atoms with van der Waals surface area (Å²) in [6.07, 6.45) is 0. The van der Waals surface area contributed by atoms with Crippen LogP contribution in [0.3, 0.4) is 0 Å². The first-order chi connectivity index (χ1) is 5.16. The van der Waals surface area contributed by atoms with Crippen LogP contribution in [0.25, 0.3) is 0 Å². The number of hydrogen-bond donors (Lipinski definition) is 2. The van der Waals surface area contributed by atoms with Crippen molar-refractivity contribution in [1.82, 2.24) is 5.32 Å². The highest BCUT2D eigenvalue weighted by Crippen LogP contribution is 1.85. The molecule has 0 aromatic carbocycles. The number of rotatable bonds is 3. The maximum absolute atomic E-state index is 10.3. The SMILES string of the molecule is CC.CC(=O)NC[C@H](C)CN.S.[HH].[HH]. The minimum atomic E-state index is 0. The zero-order chi connectivity index (χ0) is 9.28. The molecule has 3 N–H and O–H groups in total. The van der Waals surface area contributed by atoms with Gasteiger partial charge in [-0.25, -0.2) is 0 Å². The van der Waals surface area contributed by atoms with Crippen LogP contribution in [0.4, 0.5) is 0 Å². The van der Waals surface area contributed by atoms with Crippen molar-refractivity contribution in [3.63, 3.8) is 0 Å². The fourth-order valence-electron chi connectivity index (χ4n) is 0.401. The molecule has 0 radical (unpaired) electrons. The van der Waals surface area contributed by atoms with E-state index in [0.29, 0.717) is 19.0 Å². The van der Waals surface area contributed by atoms with Crippen molar-refractivity contribution in [2.75, 3.05) is 13.1 Å². The first kappa shape index (κ1) is 17.8. The topological polar surface area (TPSA) is 55.1 Å². The Hall–Kier alpha value is -0.220. The average molecular weight is 198 g/mol. The summed E-state index contributed by atoms with van der Waals surface area (Å²) in [5, 5.41) is 2.68. The zero-order valence-electron chi connectivity index (χ0n) is 8.48. The number of carbonyl (C=O) groups is 1. The van der Waals surface area contributed by atoms with Crippen molar-refractivity contribution in [3.8, 4) is 0 Å². The highest BCUT2D eigenvalue weighted by atomic mass is 32.1. The summed E-state index contributed by atoms with van der Waals surface area (Å²) in [4.78, 5) is 10.3. The molecule has 0 aromatic heterocycles. The van der Waals surface area contributed by atoms with Gasteiger partial charge in [0.05, 0.1) is 0 Å². The predicted octanol–water partition coefficient (Wildman–Crippen LogP) is 1.35. The van der Waals surface area contributed by atoms with E-state index in [-0.39, 0.29) is 22.3 Å². The second kappa shape index (κ2) is 13.4. The number of nitrogens with one attached hydrogen (secondary N) is 1. The van der Waals surface area contributed by atoms with Crippen molar-refractivity contribution in [2.45, 2.75) is 27.7 Å². The van der Waals surface area contributed by atoms with Crippen LogP contribution in [-0.4, -0.2) is 19.0 Å². The molecule has 4 heteroatoms. The molecule has 0 aliphatic rings. The molecule has 0 spiro atoms. The van der Waals surface area contributed by atoms with Gasteiger partial charge in [-0.05, 0) is 12.5 Å². The molecular formula is C8H26N2OS. The second-order valence-corrected chi connectivity index (χ2v) is 2.28. The third-order valence-electron chi connectivity index (χ3n) is 1.10. The Balaban J connectivity index is -0.0000000505. The van der Waals surface area contributed by atoms with Gasteiger partial charge in [0.25, 0.3) is 0 Å². The summed E-state index contributed by atoms with van der Waals surface area (Å²) in [6.45, 7) is 8.81. The third-order valence-corrected chi connectivity index (χ3v) is 1.10. The van der Waals surface area contributed by atoms with Crippen LogP contribution in [0.15, 0.2) is 0 Å². The Labute approximate surface area is 85.5 Å². The van der Waals surface area contributed by atoms with E-state index < -0.39 is 0 Å². The number of nitrogens with two attached hydrogens (primary N) is 1. The first-order valence-corrected chi connectivity index (χ1v) is 4.11. The van der Waals surface area contributed by atoms with Gasteiger partial charge in [0.2, 0.25) is 5.91 Å². The summed E-state index contributed by atoms with van der Waals surface area (Å²) >= 11 is 0. The second-order valence-electron chi connectivity index (χ2n) is 2.28. The van der Waals surface area contributed by atoms with Gasteiger partial charge in [-0.1, -0.05) is 20.8 Å². The lowest BCUT2D eigenvalue weighted by molar-refractivity contribution is -0.119. The van der Waals surface area contributed by atoms with E-state index in [1.54, 1.807) is 0 Å². The van der Waals surface area contributed by atoms with E-state index in [1.165, 1.54) is 6.92 Å². The first-order valence-electron chi connectivity index (χ1n) is 4.11. The lowest BCUT2D eigenvalue weighted by atomic mass is 10.2. The fraction of sp³-hybridized carbons (Fsp3) is 0.875. The number of amides is 1. The van der Waals surface area contributed by atoms with Gasteiger partial charge < -0.3 is 11.1 Å². The van der Waals surface area contributed by atoms with E-state index in [1.807, 2.05) is 20.8 Å². The largest absolute Gasteiger partial charge is 0.356 e. The predicted molar refractivity (Wildman–Crippen MR) is 62.9 cm³/mol. The van der Waals surface area contributed by atoms with Crippen molar-refractivity contribution < 1.29 is 7.65 Å². The molecule has 0 rings (SSSR count). The zero-order valence-corrected chi connectivity index (χ0v) is 9.48. The average Bonchev–Trinajstić information content (AvgIpc) is 2.04. The van der Waals surface area contributed by atoms with E-state index in [0.717, 1.165) is 0 Å². The Morgan fingerprint density at radius 1 is 1.58 bits per heavy atom. The molecule has 0 fully saturated rings. The van der Waals surface area contributed by atoms with Crippen molar-refractivity contribution in [1.29, 1.82) is 0 Å². The van der Waals surface area contributed by atoms with Crippen LogP contribution in [0.2, 0.25) is 0 Å². The van der Waals surface area contributed by atoms with E-state index >= 15 is 0 Å².